The molecule has 0 aromatic rings. The Morgan fingerprint density at radius 2 is 2.05 bits per heavy atom. The Morgan fingerprint density at radius 1 is 1.33 bits per heavy atom. The van der Waals surface area contributed by atoms with Crippen LogP contribution in [0.15, 0.2) is 0 Å². The Labute approximate surface area is 128 Å². The van der Waals surface area contributed by atoms with Gasteiger partial charge in [0.2, 0.25) is 0 Å². The first-order chi connectivity index (χ1) is 9.88. The van der Waals surface area contributed by atoms with Crippen LogP contribution in [0.4, 0.5) is 4.79 Å². The van der Waals surface area contributed by atoms with Crippen molar-refractivity contribution in [1.29, 1.82) is 0 Å². The van der Waals surface area contributed by atoms with Crippen molar-refractivity contribution in [3.8, 4) is 0 Å². The molecule has 0 saturated heterocycles. The van der Waals surface area contributed by atoms with E-state index in [0.29, 0.717) is 19.0 Å². The van der Waals surface area contributed by atoms with Gasteiger partial charge in [-0.2, -0.15) is 0 Å². The monoisotopic (exact) mass is 298 g/mol. The highest BCUT2D eigenvalue weighted by Gasteiger charge is 2.20. The molecular weight excluding hydrogens is 268 g/mol. The number of carbonyl (C=O) groups is 2. The number of carboxylic acid groups (broad SMARTS) is 1. The highest BCUT2D eigenvalue weighted by Crippen LogP contribution is 2.30. The fraction of sp³-hybridized carbons (Fsp3) is 0.875. The van der Waals surface area contributed by atoms with Gasteiger partial charge >= 0.3 is 12.0 Å². The zero-order valence-corrected chi connectivity index (χ0v) is 13.6. The first-order valence-corrected chi connectivity index (χ1v) is 8.13. The first kappa shape index (κ1) is 17.8. The van der Waals surface area contributed by atoms with E-state index in [1.54, 1.807) is 0 Å². The lowest BCUT2D eigenvalue weighted by Crippen LogP contribution is -2.45. The zero-order valence-electron chi connectivity index (χ0n) is 13.6. The van der Waals surface area contributed by atoms with Gasteiger partial charge in [-0.1, -0.05) is 40.0 Å². The summed E-state index contributed by atoms with van der Waals surface area (Å²) in [4.78, 5) is 24.3. The molecular formula is C16H30N2O3. The van der Waals surface area contributed by atoms with E-state index >= 15 is 0 Å². The van der Waals surface area contributed by atoms with E-state index in [0.717, 1.165) is 12.3 Å². The Balaban J connectivity index is 2.33. The fourth-order valence-corrected chi connectivity index (χ4v) is 3.14. The minimum atomic E-state index is -0.966. The molecule has 1 rings (SSSR count). The fourth-order valence-electron chi connectivity index (χ4n) is 3.14. The summed E-state index contributed by atoms with van der Waals surface area (Å²) in [7, 11) is 0. The zero-order chi connectivity index (χ0) is 15.8. The molecule has 1 aliphatic carbocycles. The summed E-state index contributed by atoms with van der Waals surface area (Å²) < 4.78 is 0. The van der Waals surface area contributed by atoms with E-state index in [-0.39, 0.29) is 18.5 Å². The second-order valence-corrected chi connectivity index (χ2v) is 6.83. The maximum Gasteiger partial charge on any atom is 0.323 e. The van der Waals surface area contributed by atoms with Gasteiger partial charge in [-0.05, 0) is 30.6 Å². The Kier molecular flexibility index (Phi) is 7.54. The highest BCUT2D eigenvalue weighted by atomic mass is 16.4. The van der Waals surface area contributed by atoms with Crippen molar-refractivity contribution in [3.63, 3.8) is 0 Å². The molecule has 5 heteroatoms. The van der Waals surface area contributed by atoms with Gasteiger partial charge in [-0.3, -0.25) is 4.79 Å². The van der Waals surface area contributed by atoms with Gasteiger partial charge in [0.05, 0.1) is 0 Å². The van der Waals surface area contributed by atoms with Gasteiger partial charge < -0.3 is 15.3 Å². The number of hydrogen-bond acceptors (Lipinski definition) is 2. The van der Waals surface area contributed by atoms with E-state index in [1.807, 2.05) is 13.8 Å². The molecule has 0 heterocycles. The Bertz CT molecular complexity index is 344. The van der Waals surface area contributed by atoms with Crippen molar-refractivity contribution < 1.29 is 14.7 Å². The minimum Gasteiger partial charge on any atom is -0.480 e. The molecule has 2 atom stereocenters. The third kappa shape index (κ3) is 7.34. The molecule has 0 aromatic carbocycles. The second-order valence-electron chi connectivity index (χ2n) is 6.83. The van der Waals surface area contributed by atoms with E-state index in [9.17, 15) is 9.59 Å². The number of nitrogens with one attached hydrogen (secondary N) is 1. The normalized spacial score (nSPS) is 22.1. The van der Waals surface area contributed by atoms with E-state index in [2.05, 4.69) is 12.2 Å². The SMILES string of the molecule is CC(C)CN(CC(=O)O)C(=O)NCCC1CCCC(C)C1. The predicted molar refractivity (Wildman–Crippen MR) is 83.2 cm³/mol. The molecule has 0 bridgehead atoms. The van der Waals surface area contributed by atoms with Crippen LogP contribution in [-0.4, -0.2) is 41.6 Å². The number of nitrogens with zero attached hydrogens (tertiary/aromatic N) is 1. The van der Waals surface area contributed by atoms with Crippen molar-refractivity contribution in [2.75, 3.05) is 19.6 Å². The second kappa shape index (κ2) is 8.90. The van der Waals surface area contributed by atoms with Crippen molar-refractivity contribution in [1.82, 2.24) is 10.2 Å². The third-order valence-corrected chi connectivity index (χ3v) is 4.07. The van der Waals surface area contributed by atoms with Gasteiger partial charge in [0.1, 0.15) is 6.54 Å². The standard InChI is InChI=1S/C16H30N2O3/c1-12(2)10-18(11-15(19)20)16(21)17-8-7-14-6-4-5-13(3)9-14/h12-14H,4-11H2,1-3H3,(H,17,21)(H,19,20). The van der Waals surface area contributed by atoms with E-state index in [4.69, 9.17) is 5.11 Å². The summed E-state index contributed by atoms with van der Waals surface area (Å²) in [5, 5.41) is 11.8. The lowest BCUT2D eigenvalue weighted by molar-refractivity contribution is -0.137. The number of hydrogen-bond donors (Lipinski definition) is 2. The van der Waals surface area contributed by atoms with Crippen LogP contribution in [0, 0.1) is 17.8 Å². The molecule has 0 spiro atoms. The Hall–Kier alpha value is -1.26. The van der Waals surface area contributed by atoms with Gasteiger partial charge in [0.15, 0.2) is 0 Å². The maximum atomic E-state index is 12.1. The molecule has 1 fully saturated rings. The number of rotatable bonds is 7. The van der Waals surface area contributed by atoms with Crippen LogP contribution in [0.1, 0.15) is 52.9 Å². The lowest BCUT2D eigenvalue weighted by atomic mass is 9.81. The van der Waals surface area contributed by atoms with Crippen LogP contribution in [-0.2, 0) is 4.79 Å². The summed E-state index contributed by atoms with van der Waals surface area (Å²) in [5.74, 6) is 0.789. The van der Waals surface area contributed by atoms with Gasteiger partial charge in [-0.25, -0.2) is 4.79 Å². The molecule has 0 aromatic heterocycles. The molecule has 5 nitrogen and oxygen atoms in total. The third-order valence-electron chi connectivity index (χ3n) is 4.07. The summed E-state index contributed by atoms with van der Waals surface area (Å²) >= 11 is 0. The quantitative estimate of drug-likeness (QED) is 0.759. The first-order valence-electron chi connectivity index (χ1n) is 8.13. The molecule has 21 heavy (non-hydrogen) atoms. The van der Waals surface area contributed by atoms with Gasteiger partial charge in [0.25, 0.3) is 0 Å². The lowest BCUT2D eigenvalue weighted by Gasteiger charge is -2.27. The average molecular weight is 298 g/mol. The summed E-state index contributed by atoms with van der Waals surface area (Å²) in [5.41, 5.74) is 0. The topological polar surface area (TPSA) is 69.6 Å². The van der Waals surface area contributed by atoms with Gasteiger partial charge in [0, 0.05) is 13.1 Å². The Morgan fingerprint density at radius 3 is 2.62 bits per heavy atom. The molecule has 1 aliphatic rings. The van der Waals surface area contributed by atoms with Gasteiger partial charge in [-0.15, -0.1) is 0 Å². The number of urea groups is 1. The molecule has 2 N–H and O–H groups in total. The molecule has 2 unspecified atom stereocenters. The minimum absolute atomic E-state index is 0.232. The number of amides is 2. The smallest absolute Gasteiger partial charge is 0.323 e. The van der Waals surface area contributed by atoms with Crippen molar-refractivity contribution in [2.24, 2.45) is 17.8 Å². The van der Waals surface area contributed by atoms with Crippen molar-refractivity contribution in [2.45, 2.75) is 52.9 Å². The summed E-state index contributed by atoms with van der Waals surface area (Å²) in [6, 6.07) is -0.255. The van der Waals surface area contributed by atoms with E-state index < -0.39 is 5.97 Å². The molecule has 2 amide bonds. The number of carboxylic acids is 1. The van der Waals surface area contributed by atoms with Crippen LogP contribution < -0.4 is 5.32 Å². The summed E-state index contributed by atoms with van der Waals surface area (Å²) in [6.45, 7) is 7.13. The molecule has 0 radical (unpaired) electrons. The van der Waals surface area contributed by atoms with E-state index in [1.165, 1.54) is 30.6 Å². The van der Waals surface area contributed by atoms with Crippen molar-refractivity contribution >= 4 is 12.0 Å². The average Bonchev–Trinajstić information content (AvgIpc) is 2.36. The van der Waals surface area contributed by atoms with Crippen molar-refractivity contribution in [3.05, 3.63) is 0 Å². The van der Waals surface area contributed by atoms with Crippen LogP contribution in [0.25, 0.3) is 0 Å². The van der Waals surface area contributed by atoms with Crippen LogP contribution in [0.5, 0.6) is 0 Å². The number of aliphatic carboxylic acids is 1. The molecule has 122 valence electrons. The largest absolute Gasteiger partial charge is 0.480 e. The van der Waals surface area contributed by atoms with Crippen LogP contribution in [0.3, 0.4) is 0 Å². The molecule has 0 aliphatic heterocycles. The van der Waals surface area contributed by atoms with Crippen LogP contribution >= 0.6 is 0 Å². The highest BCUT2D eigenvalue weighted by molar-refractivity contribution is 5.80. The predicted octanol–water partition coefficient (Wildman–Crippen LogP) is 2.96. The molecule has 1 saturated carbocycles. The number of carbonyl (C=O) groups excluding carboxylic acids is 1. The maximum absolute atomic E-state index is 12.1. The summed E-state index contributed by atoms with van der Waals surface area (Å²) in [6.07, 6.45) is 6.12. The van der Waals surface area contributed by atoms with Crippen LogP contribution in [0.2, 0.25) is 0 Å².